The van der Waals surface area contributed by atoms with Crippen LogP contribution in [-0.4, -0.2) is 27.0 Å². The number of imide groups is 1. The second-order valence-electron chi connectivity index (χ2n) is 6.29. The summed E-state index contributed by atoms with van der Waals surface area (Å²) in [5.41, 5.74) is 0.154. The number of urea groups is 1. The molecular formula is C19H15ClN4O3. The lowest BCUT2D eigenvalue weighted by molar-refractivity contribution is -0.131. The Labute approximate surface area is 160 Å². The van der Waals surface area contributed by atoms with Gasteiger partial charge >= 0.3 is 6.03 Å². The van der Waals surface area contributed by atoms with E-state index in [2.05, 4.69) is 15.5 Å². The highest BCUT2D eigenvalue weighted by atomic mass is 35.5. The third-order valence-electron chi connectivity index (χ3n) is 4.49. The van der Waals surface area contributed by atoms with E-state index in [0.717, 1.165) is 4.90 Å². The molecule has 1 atom stereocenters. The summed E-state index contributed by atoms with van der Waals surface area (Å²) in [6.45, 7) is 1.55. The number of aromatic nitrogens is 2. The summed E-state index contributed by atoms with van der Waals surface area (Å²) in [5.74, 6) is -0.00426. The first-order chi connectivity index (χ1) is 13.0. The summed E-state index contributed by atoms with van der Waals surface area (Å²) in [7, 11) is 0. The van der Waals surface area contributed by atoms with E-state index in [4.69, 9.17) is 16.0 Å². The van der Waals surface area contributed by atoms with Crippen LogP contribution in [0.4, 0.5) is 4.79 Å². The fraction of sp³-hybridized carbons (Fsp3) is 0.158. The molecule has 0 bridgehead atoms. The molecular weight excluding hydrogens is 368 g/mol. The number of nitrogens with one attached hydrogen (secondary N) is 1. The third kappa shape index (κ3) is 2.96. The van der Waals surface area contributed by atoms with Crippen molar-refractivity contribution in [2.24, 2.45) is 0 Å². The minimum Gasteiger partial charge on any atom is -0.419 e. The van der Waals surface area contributed by atoms with Crippen molar-refractivity contribution in [3.8, 4) is 11.5 Å². The first-order valence-corrected chi connectivity index (χ1v) is 8.64. The van der Waals surface area contributed by atoms with Crippen LogP contribution in [0.25, 0.3) is 11.5 Å². The zero-order valence-corrected chi connectivity index (χ0v) is 15.1. The van der Waals surface area contributed by atoms with Crippen molar-refractivity contribution in [1.29, 1.82) is 0 Å². The number of halogens is 1. The Hall–Kier alpha value is -3.19. The molecule has 0 saturated carbocycles. The number of hydrogen-bond acceptors (Lipinski definition) is 5. The van der Waals surface area contributed by atoms with Gasteiger partial charge in [0.15, 0.2) is 0 Å². The SMILES string of the molecule is CC1(c2ccccc2)NC(=O)N(Cc2nnc(-c3ccccc3Cl)o2)C1=O. The van der Waals surface area contributed by atoms with Gasteiger partial charge in [-0.1, -0.05) is 54.1 Å². The molecule has 27 heavy (non-hydrogen) atoms. The summed E-state index contributed by atoms with van der Waals surface area (Å²) < 4.78 is 5.60. The summed E-state index contributed by atoms with van der Waals surface area (Å²) >= 11 is 6.13. The predicted octanol–water partition coefficient (Wildman–Crippen LogP) is 3.36. The molecule has 8 heteroatoms. The van der Waals surface area contributed by atoms with Gasteiger partial charge in [0.25, 0.3) is 5.91 Å². The number of amides is 3. The standard InChI is InChI=1S/C19H15ClN4O3/c1-19(12-7-3-2-4-8-12)17(25)24(18(26)21-19)11-15-22-23-16(27-15)13-9-5-6-10-14(13)20/h2-10H,11H2,1H3,(H,21,26). The maximum Gasteiger partial charge on any atom is 0.325 e. The summed E-state index contributed by atoms with van der Waals surface area (Å²) in [5, 5.41) is 11.1. The Morgan fingerprint density at radius 3 is 2.52 bits per heavy atom. The molecule has 2 aromatic carbocycles. The molecule has 3 amide bonds. The third-order valence-corrected chi connectivity index (χ3v) is 4.82. The normalized spacial score (nSPS) is 19.4. The van der Waals surface area contributed by atoms with E-state index in [1.807, 2.05) is 18.2 Å². The zero-order chi connectivity index (χ0) is 19.0. The highest BCUT2D eigenvalue weighted by Crippen LogP contribution is 2.30. The summed E-state index contributed by atoms with van der Waals surface area (Å²) in [6, 6.07) is 15.6. The van der Waals surface area contributed by atoms with E-state index in [-0.39, 0.29) is 24.2 Å². The molecule has 1 aliphatic rings. The minimum absolute atomic E-state index is 0.120. The van der Waals surface area contributed by atoms with Gasteiger partial charge in [-0.05, 0) is 24.6 Å². The fourth-order valence-electron chi connectivity index (χ4n) is 3.00. The average Bonchev–Trinajstić information content (AvgIpc) is 3.22. The Bertz CT molecular complexity index is 1020. The van der Waals surface area contributed by atoms with E-state index in [0.29, 0.717) is 16.1 Å². The van der Waals surface area contributed by atoms with Crippen LogP contribution in [-0.2, 0) is 16.9 Å². The number of rotatable bonds is 4. The van der Waals surface area contributed by atoms with Crippen molar-refractivity contribution in [3.63, 3.8) is 0 Å². The van der Waals surface area contributed by atoms with Crippen molar-refractivity contribution >= 4 is 23.5 Å². The average molecular weight is 383 g/mol. The van der Waals surface area contributed by atoms with Crippen molar-refractivity contribution in [2.45, 2.75) is 19.0 Å². The van der Waals surface area contributed by atoms with Gasteiger partial charge in [-0.25, -0.2) is 4.79 Å². The zero-order valence-electron chi connectivity index (χ0n) is 14.3. The maximum absolute atomic E-state index is 12.9. The van der Waals surface area contributed by atoms with Crippen LogP contribution in [0.15, 0.2) is 59.0 Å². The monoisotopic (exact) mass is 382 g/mol. The minimum atomic E-state index is -1.13. The molecule has 0 radical (unpaired) electrons. The van der Waals surface area contributed by atoms with Crippen LogP contribution in [0.5, 0.6) is 0 Å². The lowest BCUT2D eigenvalue weighted by Crippen LogP contribution is -2.40. The second kappa shape index (κ2) is 6.51. The van der Waals surface area contributed by atoms with Gasteiger partial charge < -0.3 is 9.73 Å². The van der Waals surface area contributed by atoms with Crippen LogP contribution in [0.1, 0.15) is 18.4 Å². The molecule has 3 aromatic rings. The first kappa shape index (κ1) is 17.2. The largest absolute Gasteiger partial charge is 0.419 e. The number of benzene rings is 2. The Balaban J connectivity index is 1.58. The van der Waals surface area contributed by atoms with Gasteiger partial charge in [0, 0.05) is 0 Å². The quantitative estimate of drug-likeness (QED) is 0.699. The molecule has 2 heterocycles. The van der Waals surface area contributed by atoms with E-state index in [1.54, 1.807) is 43.3 Å². The molecule has 1 saturated heterocycles. The highest BCUT2D eigenvalue weighted by Gasteiger charge is 2.49. The Morgan fingerprint density at radius 2 is 1.78 bits per heavy atom. The lowest BCUT2D eigenvalue weighted by Gasteiger charge is -2.21. The topological polar surface area (TPSA) is 88.3 Å². The van der Waals surface area contributed by atoms with Crippen molar-refractivity contribution < 1.29 is 14.0 Å². The number of hydrogen-bond donors (Lipinski definition) is 1. The molecule has 0 spiro atoms. The van der Waals surface area contributed by atoms with Gasteiger partial charge in [-0.3, -0.25) is 9.69 Å². The van der Waals surface area contributed by atoms with Crippen LogP contribution in [0.3, 0.4) is 0 Å². The number of carbonyl (C=O) groups is 2. The van der Waals surface area contributed by atoms with Crippen LogP contribution in [0.2, 0.25) is 5.02 Å². The van der Waals surface area contributed by atoms with E-state index < -0.39 is 11.6 Å². The number of carbonyl (C=O) groups excluding carboxylic acids is 2. The van der Waals surface area contributed by atoms with Gasteiger partial charge in [0.2, 0.25) is 11.8 Å². The van der Waals surface area contributed by atoms with Gasteiger partial charge in [-0.2, -0.15) is 0 Å². The van der Waals surface area contributed by atoms with Gasteiger partial charge in [0.1, 0.15) is 12.1 Å². The molecule has 1 aliphatic heterocycles. The van der Waals surface area contributed by atoms with Crippen LogP contribution in [0, 0.1) is 0 Å². The maximum atomic E-state index is 12.9. The molecule has 0 aliphatic carbocycles. The van der Waals surface area contributed by atoms with Crippen molar-refractivity contribution in [2.75, 3.05) is 0 Å². The fourth-order valence-corrected chi connectivity index (χ4v) is 3.22. The van der Waals surface area contributed by atoms with E-state index in [9.17, 15) is 9.59 Å². The molecule has 1 unspecified atom stereocenters. The Morgan fingerprint density at radius 1 is 1.07 bits per heavy atom. The highest BCUT2D eigenvalue weighted by molar-refractivity contribution is 6.33. The van der Waals surface area contributed by atoms with Crippen molar-refractivity contribution in [3.05, 3.63) is 71.1 Å². The summed E-state index contributed by atoms with van der Waals surface area (Å²) in [6.07, 6.45) is 0. The molecule has 7 nitrogen and oxygen atoms in total. The van der Waals surface area contributed by atoms with Gasteiger partial charge in [0.05, 0.1) is 10.6 Å². The number of nitrogens with zero attached hydrogens (tertiary/aromatic N) is 3. The van der Waals surface area contributed by atoms with Crippen molar-refractivity contribution in [1.82, 2.24) is 20.4 Å². The van der Waals surface area contributed by atoms with Crippen LogP contribution < -0.4 is 5.32 Å². The summed E-state index contributed by atoms with van der Waals surface area (Å²) in [4.78, 5) is 26.4. The molecule has 136 valence electrons. The molecule has 1 aromatic heterocycles. The smallest absolute Gasteiger partial charge is 0.325 e. The predicted molar refractivity (Wildman–Crippen MR) is 97.6 cm³/mol. The van der Waals surface area contributed by atoms with Crippen LogP contribution >= 0.6 is 11.6 Å². The second-order valence-corrected chi connectivity index (χ2v) is 6.70. The lowest BCUT2D eigenvalue weighted by atomic mass is 9.92. The molecule has 1 fully saturated rings. The van der Waals surface area contributed by atoms with E-state index in [1.165, 1.54) is 0 Å². The van der Waals surface area contributed by atoms with Gasteiger partial charge in [-0.15, -0.1) is 10.2 Å². The molecule has 1 N–H and O–H groups in total. The molecule has 4 rings (SSSR count). The first-order valence-electron chi connectivity index (χ1n) is 8.26. The Kier molecular flexibility index (Phi) is 4.16. The van der Waals surface area contributed by atoms with E-state index >= 15 is 0 Å².